The van der Waals surface area contributed by atoms with Crippen molar-refractivity contribution in [2.45, 2.75) is 19.4 Å². The van der Waals surface area contributed by atoms with E-state index in [4.69, 9.17) is 4.74 Å². The van der Waals surface area contributed by atoms with Gasteiger partial charge in [-0.25, -0.2) is 0 Å². The molecule has 0 aliphatic rings. The average molecular weight is 264 g/mol. The normalized spacial score (nSPS) is 12.3. The van der Waals surface area contributed by atoms with Crippen molar-refractivity contribution in [2.75, 3.05) is 13.7 Å². The van der Waals surface area contributed by atoms with E-state index in [0.29, 0.717) is 0 Å². The van der Waals surface area contributed by atoms with Crippen LogP contribution in [0.15, 0.2) is 23.8 Å². The summed E-state index contributed by atoms with van der Waals surface area (Å²) in [6.07, 6.45) is 4.58. The lowest BCUT2D eigenvalue weighted by atomic mass is 10.1. The first kappa shape index (κ1) is 12.9. The molecule has 0 aliphatic carbocycles. The van der Waals surface area contributed by atoms with E-state index in [2.05, 4.69) is 26.8 Å². The zero-order valence-corrected chi connectivity index (χ0v) is 11.3. The molecule has 2 aromatic rings. The molecule has 0 fully saturated rings. The van der Waals surface area contributed by atoms with Crippen LogP contribution in [0.3, 0.4) is 0 Å². The fourth-order valence-electron chi connectivity index (χ4n) is 1.68. The SMILES string of the molecule is CCCNC(c1cncc(OC)c1)c1csnn1. The Hall–Kier alpha value is -1.53. The van der Waals surface area contributed by atoms with Crippen molar-refractivity contribution >= 4 is 11.5 Å². The molecule has 0 amide bonds. The quantitative estimate of drug-likeness (QED) is 0.865. The van der Waals surface area contributed by atoms with Crippen LogP contribution in [0.5, 0.6) is 5.75 Å². The molecule has 0 spiro atoms. The van der Waals surface area contributed by atoms with E-state index in [9.17, 15) is 0 Å². The lowest BCUT2D eigenvalue weighted by Crippen LogP contribution is -2.23. The summed E-state index contributed by atoms with van der Waals surface area (Å²) >= 11 is 1.35. The van der Waals surface area contributed by atoms with Crippen LogP contribution in [0.25, 0.3) is 0 Å². The first-order chi connectivity index (χ1) is 8.85. The van der Waals surface area contributed by atoms with Gasteiger partial charge in [0.25, 0.3) is 0 Å². The number of hydrogen-bond acceptors (Lipinski definition) is 6. The summed E-state index contributed by atoms with van der Waals surface area (Å²) in [6, 6.07) is 1.99. The second-order valence-electron chi connectivity index (χ2n) is 3.88. The number of nitrogens with one attached hydrogen (secondary N) is 1. The van der Waals surface area contributed by atoms with Gasteiger partial charge in [0.15, 0.2) is 0 Å². The summed E-state index contributed by atoms with van der Waals surface area (Å²) < 4.78 is 9.12. The van der Waals surface area contributed by atoms with E-state index in [1.165, 1.54) is 11.5 Å². The van der Waals surface area contributed by atoms with Gasteiger partial charge in [0, 0.05) is 11.6 Å². The fraction of sp³-hybridized carbons (Fsp3) is 0.417. The second kappa shape index (κ2) is 6.42. The number of aromatic nitrogens is 3. The molecular formula is C12H16N4OS. The number of nitrogens with zero attached hydrogens (tertiary/aromatic N) is 3. The number of pyridine rings is 1. The Balaban J connectivity index is 2.27. The molecule has 18 heavy (non-hydrogen) atoms. The molecule has 1 atom stereocenters. The van der Waals surface area contributed by atoms with Crippen LogP contribution < -0.4 is 10.1 Å². The van der Waals surface area contributed by atoms with Crippen molar-refractivity contribution in [1.29, 1.82) is 0 Å². The van der Waals surface area contributed by atoms with E-state index in [-0.39, 0.29) is 6.04 Å². The van der Waals surface area contributed by atoms with E-state index in [1.807, 2.05) is 17.6 Å². The van der Waals surface area contributed by atoms with Crippen molar-refractivity contribution < 1.29 is 4.74 Å². The molecule has 1 N–H and O–H groups in total. The summed E-state index contributed by atoms with van der Waals surface area (Å²) in [6.45, 7) is 3.05. The Labute approximate surface area is 110 Å². The van der Waals surface area contributed by atoms with Gasteiger partial charge >= 0.3 is 0 Å². The lowest BCUT2D eigenvalue weighted by Gasteiger charge is -2.16. The molecule has 96 valence electrons. The van der Waals surface area contributed by atoms with Crippen LogP contribution in [0.4, 0.5) is 0 Å². The summed E-state index contributed by atoms with van der Waals surface area (Å²) in [7, 11) is 1.64. The Kier molecular flexibility index (Phi) is 4.60. The summed E-state index contributed by atoms with van der Waals surface area (Å²) in [5.74, 6) is 0.749. The Morgan fingerprint density at radius 2 is 2.33 bits per heavy atom. The van der Waals surface area contributed by atoms with Gasteiger partial charge in [-0.2, -0.15) is 0 Å². The molecule has 0 bridgehead atoms. The molecule has 2 rings (SSSR count). The first-order valence-corrected chi connectivity index (χ1v) is 6.68. The minimum absolute atomic E-state index is 0.0197. The van der Waals surface area contributed by atoms with E-state index in [0.717, 1.165) is 30.0 Å². The minimum atomic E-state index is 0.0197. The lowest BCUT2D eigenvalue weighted by molar-refractivity contribution is 0.411. The molecule has 2 heterocycles. The number of methoxy groups -OCH3 is 1. The molecule has 2 aromatic heterocycles. The molecular weight excluding hydrogens is 248 g/mol. The predicted molar refractivity (Wildman–Crippen MR) is 70.8 cm³/mol. The number of hydrogen-bond donors (Lipinski definition) is 1. The van der Waals surface area contributed by atoms with Crippen molar-refractivity contribution in [3.8, 4) is 5.75 Å². The van der Waals surface area contributed by atoms with Gasteiger partial charge in [0.05, 0.1) is 25.0 Å². The van der Waals surface area contributed by atoms with Gasteiger partial charge in [0.1, 0.15) is 5.75 Å². The Bertz CT molecular complexity index is 475. The highest BCUT2D eigenvalue weighted by Crippen LogP contribution is 2.23. The van der Waals surface area contributed by atoms with Crippen LogP contribution in [-0.2, 0) is 0 Å². The van der Waals surface area contributed by atoms with Crippen molar-refractivity contribution in [1.82, 2.24) is 19.9 Å². The van der Waals surface area contributed by atoms with Crippen LogP contribution >= 0.6 is 11.5 Å². The zero-order chi connectivity index (χ0) is 12.8. The van der Waals surface area contributed by atoms with Crippen LogP contribution in [0.2, 0.25) is 0 Å². The van der Waals surface area contributed by atoms with E-state index in [1.54, 1.807) is 13.3 Å². The van der Waals surface area contributed by atoms with Gasteiger partial charge in [-0.3, -0.25) is 4.98 Å². The largest absolute Gasteiger partial charge is 0.495 e. The van der Waals surface area contributed by atoms with E-state index >= 15 is 0 Å². The standard InChI is InChI=1S/C12H16N4OS/c1-3-4-14-12(11-8-18-16-15-11)9-5-10(17-2)7-13-6-9/h5-8,12,14H,3-4H2,1-2H3. The van der Waals surface area contributed by atoms with Gasteiger partial charge in [-0.1, -0.05) is 11.4 Å². The van der Waals surface area contributed by atoms with Crippen LogP contribution in [0.1, 0.15) is 30.6 Å². The van der Waals surface area contributed by atoms with Crippen molar-refractivity contribution in [3.63, 3.8) is 0 Å². The van der Waals surface area contributed by atoms with Gasteiger partial charge in [0.2, 0.25) is 0 Å². The highest BCUT2D eigenvalue weighted by atomic mass is 32.1. The smallest absolute Gasteiger partial charge is 0.137 e. The fourth-order valence-corrected chi connectivity index (χ4v) is 2.16. The van der Waals surface area contributed by atoms with Crippen molar-refractivity contribution in [3.05, 3.63) is 35.1 Å². The van der Waals surface area contributed by atoms with E-state index < -0.39 is 0 Å². The first-order valence-electron chi connectivity index (χ1n) is 5.84. The molecule has 0 saturated heterocycles. The van der Waals surface area contributed by atoms with Crippen LogP contribution in [-0.4, -0.2) is 28.2 Å². The van der Waals surface area contributed by atoms with Gasteiger partial charge in [-0.15, -0.1) is 5.10 Å². The number of rotatable bonds is 6. The topological polar surface area (TPSA) is 59.9 Å². The number of ether oxygens (including phenoxy) is 1. The third kappa shape index (κ3) is 3.02. The monoisotopic (exact) mass is 264 g/mol. The van der Waals surface area contributed by atoms with Gasteiger partial charge < -0.3 is 10.1 Å². The summed E-state index contributed by atoms with van der Waals surface area (Å²) in [5, 5.41) is 9.54. The minimum Gasteiger partial charge on any atom is -0.495 e. The Morgan fingerprint density at radius 1 is 1.44 bits per heavy atom. The molecule has 1 unspecified atom stereocenters. The molecule has 0 saturated carbocycles. The van der Waals surface area contributed by atoms with Crippen LogP contribution in [0, 0.1) is 0 Å². The molecule has 5 nitrogen and oxygen atoms in total. The third-order valence-electron chi connectivity index (χ3n) is 2.57. The molecule has 0 aliphatic heterocycles. The second-order valence-corrected chi connectivity index (χ2v) is 4.48. The zero-order valence-electron chi connectivity index (χ0n) is 10.5. The Morgan fingerprint density at radius 3 is 3.00 bits per heavy atom. The maximum Gasteiger partial charge on any atom is 0.137 e. The summed E-state index contributed by atoms with van der Waals surface area (Å²) in [4.78, 5) is 4.18. The summed E-state index contributed by atoms with van der Waals surface area (Å²) in [5.41, 5.74) is 1.96. The maximum atomic E-state index is 5.20. The average Bonchev–Trinajstić information content (AvgIpc) is 2.93. The van der Waals surface area contributed by atoms with Crippen molar-refractivity contribution in [2.24, 2.45) is 0 Å². The molecule has 0 aromatic carbocycles. The predicted octanol–water partition coefficient (Wildman–Crippen LogP) is 2.03. The molecule has 6 heteroatoms. The highest BCUT2D eigenvalue weighted by molar-refractivity contribution is 7.03. The van der Waals surface area contributed by atoms with Gasteiger partial charge in [-0.05, 0) is 36.1 Å². The maximum absolute atomic E-state index is 5.20. The third-order valence-corrected chi connectivity index (χ3v) is 3.10. The molecule has 0 radical (unpaired) electrons. The highest BCUT2D eigenvalue weighted by Gasteiger charge is 2.16.